The van der Waals surface area contributed by atoms with Crippen LogP contribution in [0.5, 0.6) is 17.2 Å². The largest absolute Gasteiger partial charge is 0.508 e. The molecule has 4 aliphatic carbocycles. The Morgan fingerprint density at radius 2 is 1.38 bits per heavy atom. The van der Waals surface area contributed by atoms with E-state index in [0.29, 0.717) is 87.3 Å². The van der Waals surface area contributed by atoms with E-state index in [4.69, 9.17) is 30.5 Å². The highest BCUT2D eigenvalue weighted by molar-refractivity contribution is 7.99. The lowest BCUT2D eigenvalue weighted by Gasteiger charge is -2.62. The zero-order valence-electron chi connectivity index (χ0n) is 61.1. The molecule has 23 heteroatoms. The fraction of sp³-hybridized carbons (Fsp3) is 0.440. The topological polar surface area (TPSA) is 272 Å². The van der Waals surface area contributed by atoms with Gasteiger partial charge in [-0.1, -0.05) is 157 Å². The summed E-state index contributed by atoms with van der Waals surface area (Å²) < 4.78 is 22.4. The van der Waals surface area contributed by atoms with E-state index < -0.39 is 52.8 Å². The van der Waals surface area contributed by atoms with Crippen molar-refractivity contribution in [3.05, 3.63) is 219 Å². The first-order valence-electron chi connectivity index (χ1n) is 37.2. The number of carboxylic acids is 1. The quantitative estimate of drug-likeness (QED) is 0.0248. The second-order valence-electron chi connectivity index (χ2n) is 29.5. The molecule has 1 spiro atoms. The Kier molecular flexibility index (Phi) is 25.4. The minimum absolute atomic E-state index is 0.0361. The van der Waals surface area contributed by atoms with E-state index in [1.54, 1.807) is 42.0 Å². The van der Waals surface area contributed by atoms with E-state index >= 15 is 0 Å². The van der Waals surface area contributed by atoms with Crippen molar-refractivity contribution in [1.82, 2.24) is 29.8 Å². The fourth-order valence-corrected chi connectivity index (χ4v) is 18.8. The molecule has 7 aliphatic rings. The Morgan fingerprint density at radius 1 is 0.729 bits per heavy atom. The maximum Gasteiger partial charge on any atom is 0.410 e. The Balaban J connectivity index is 0.000000158. The van der Waals surface area contributed by atoms with Gasteiger partial charge >= 0.3 is 18.2 Å². The average Bonchev–Trinajstić information content (AvgIpc) is 1.56. The number of hydrogen-bond acceptors (Lipinski definition) is 18. The predicted octanol–water partition coefficient (Wildman–Crippen LogP) is 11.3. The number of carbonyl (C=O) groups is 5. The van der Waals surface area contributed by atoms with E-state index in [2.05, 4.69) is 39.4 Å². The van der Waals surface area contributed by atoms with Crippen molar-refractivity contribution >= 4 is 53.2 Å². The van der Waals surface area contributed by atoms with Crippen molar-refractivity contribution in [2.75, 3.05) is 93.4 Å². The molecular weight excluding hydrogens is 1400 g/mol. The third kappa shape index (κ3) is 17.0. The van der Waals surface area contributed by atoms with Gasteiger partial charge in [0, 0.05) is 99.4 Å². The number of aliphatic hydroxyl groups excluding tert-OH is 1. The summed E-state index contributed by atoms with van der Waals surface area (Å²) in [7, 11) is 5.34. The number of rotatable bonds is 26. The summed E-state index contributed by atoms with van der Waals surface area (Å²) in [6.07, 6.45) is 6.07. The number of nitrogens with zero attached hydrogens (tertiary/aromatic N) is 5. The SMILES string of the molecule is CN(C)C(=O)C(CCN1CCC(O)(c2ccc(Cl)cc2)CC1)(c1ccccc1)c1ccccc1.COCCN1CC[C@]23c4c5ccc(O)c4O[C@H]2C(=O)CC[C@@]3(O)[C@H]1C5.O=C(O)CN(C(=O)OCCN(Cc1ccc(O)cc1)C(=O)OCCNCc1ccccc1Sc1ccccc1CO)[C@H]1C[C@H]2CC[C@H]1C2. The van der Waals surface area contributed by atoms with Gasteiger partial charge in [0.1, 0.15) is 30.9 Å². The highest BCUT2D eigenvalue weighted by Gasteiger charge is 2.73. The maximum atomic E-state index is 13.8. The van der Waals surface area contributed by atoms with Gasteiger partial charge in [-0.3, -0.25) is 24.2 Å². The number of ether oxygens (including phenoxy) is 4. The van der Waals surface area contributed by atoms with Gasteiger partial charge in [-0.05, 0) is 164 Å². The zero-order valence-corrected chi connectivity index (χ0v) is 62.7. The highest BCUT2D eigenvalue weighted by atomic mass is 35.5. The zero-order chi connectivity index (χ0) is 75.5. The number of fused-ring (bicyclic) bond motifs is 2. The van der Waals surface area contributed by atoms with Crippen LogP contribution in [0.15, 0.2) is 180 Å². The Labute approximate surface area is 635 Å². The van der Waals surface area contributed by atoms with Crippen LogP contribution in [0, 0.1) is 11.8 Å². The summed E-state index contributed by atoms with van der Waals surface area (Å²) in [6, 6.07) is 53.3. The molecule has 3 amide bonds. The third-order valence-electron chi connectivity index (χ3n) is 23.1. The molecule has 3 heterocycles. The number of aliphatic hydroxyl groups is 3. The average molecular weight is 1500 g/mol. The molecule has 7 aromatic rings. The number of ketones is 1. The summed E-state index contributed by atoms with van der Waals surface area (Å²) in [5, 5.41) is 66.3. The van der Waals surface area contributed by atoms with Gasteiger partial charge in [0.25, 0.3) is 0 Å². The normalized spacial score (nSPS) is 22.2. The van der Waals surface area contributed by atoms with Crippen LogP contribution in [0.4, 0.5) is 9.59 Å². The van der Waals surface area contributed by atoms with Crippen LogP contribution in [0.2, 0.25) is 5.02 Å². The number of phenols is 2. The smallest absolute Gasteiger partial charge is 0.410 e. The Morgan fingerprint density at radius 3 is 2.02 bits per heavy atom. The molecule has 7 N–H and O–H groups in total. The summed E-state index contributed by atoms with van der Waals surface area (Å²) in [4.78, 5) is 75.5. The number of amides is 3. The predicted molar refractivity (Wildman–Crippen MR) is 406 cm³/mol. The van der Waals surface area contributed by atoms with E-state index in [0.717, 1.165) is 113 Å². The first-order chi connectivity index (χ1) is 51.7. The number of Topliss-reactive ketones (excluding diaryl/α,β-unsaturated/α-hetero) is 1. The molecule has 14 rings (SSSR count). The minimum Gasteiger partial charge on any atom is -0.508 e. The lowest BCUT2D eigenvalue weighted by Crippen LogP contribution is -2.76. The number of aromatic hydroxyl groups is 2. The van der Waals surface area contributed by atoms with Crippen LogP contribution < -0.4 is 10.1 Å². The number of carboxylic acid groups (broad SMARTS) is 1. The van der Waals surface area contributed by atoms with Gasteiger partial charge in [0.05, 0.1) is 36.4 Å². The van der Waals surface area contributed by atoms with Crippen LogP contribution in [-0.4, -0.2) is 202 Å². The fourth-order valence-electron chi connectivity index (χ4n) is 17.6. The summed E-state index contributed by atoms with van der Waals surface area (Å²) in [6.45, 7) is 5.14. The molecule has 7 aromatic carbocycles. The van der Waals surface area contributed by atoms with Gasteiger partial charge in [-0.15, -0.1) is 0 Å². The van der Waals surface area contributed by atoms with E-state index in [9.17, 15) is 54.6 Å². The van der Waals surface area contributed by atoms with Crippen LogP contribution >= 0.6 is 23.4 Å². The van der Waals surface area contributed by atoms with Gasteiger partial charge in [-0.2, -0.15) is 0 Å². The second kappa shape index (κ2) is 34.8. The molecule has 5 fully saturated rings. The third-order valence-corrected chi connectivity index (χ3v) is 24.6. The first-order valence-corrected chi connectivity index (χ1v) is 38.4. The van der Waals surface area contributed by atoms with Crippen molar-refractivity contribution in [2.24, 2.45) is 11.8 Å². The van der Waals surface area contributed by atoms with E-state index in [1.165, 1.54) is 21.9 Å². The van der Waals surface area contributed by atoms with Crippen LogP contribution in [0.3, 0.4) is 0 Å². The van der Waals surface area contributed by atoms with Crippen molar-refractivity contribution in [2.45, 2.75) is 140 Å². The number of aliphatic carboxylic acids is 1. The molecule has 4 bridgehead atoms. The summed E-state index contributed by atoms with van der Waals surface area (Å²) in [5.74, 6) is 0.443. The highest BCUT2D eigenvalue weighted by Crippen LogP contribution is 2.65. The number of hydrogen-bond donors (Lipinski definition) is 7. The van der Waals surface area contributed by atoms with Gasteiger partial charge in [0.15, 0.2) is 23.4 Å². The van der Waals surface area contributed by atoms with Crippen LogP contribution in [0.1, 0.15) is 109 Å². The molecule has 107 heavy (non-hydrogen) atoms. The molecule has 2 saturated heterocycles. The lowest BCUT2D eigenvalue weighted by molar-refractivity contribution is -0.189. The molecule has 0 unspecified atom stereocenters. The molecule has 0 radical (unpaired) electrons. The van der Waals surface area contributed by atoms with Crippen molar-refractivity contribution < 1.29 is 73.6 Å². The molecule has 3 aliphatic heterocycles. The maximum absolute atomic E-state index is 13.8. The summed E-state index contributed by atoms with van der Waals surface area (Å²) in [5.41, 5.74) is 4.25. The molecule has 568 valence electrons. The first kappa shape index (κ1) is 78.0. The number of halogens is 1. The van der Waals surface area contributed by atoms with Crippen molar-refractivity contribution in [3.63, 3.8) is 0 Å². The number of benzene rings is 7. The molecule has 21 nitrogen and oxygen atoms in total. The summed E-state index contributed by atoms with van der Waals surface area (Å²) >= 11 is 7.62. The number of nitrogens with one attached hydrogen (secondary N) is 1. The number of piperidine rings is 2. The number of phenolic OH excluding ortho intramolecular Hbond substituents is 2. The van der Waals surface area contributed by atoms with Crippen LogP contribution in [-0.2, 0) is 71.1 Å². The van der Waals surface area contributed by atoms with Gasteiger partial charge < -0.3 is 69.6 Å². The minimum atomic E-state index is -1.09. The molecule has 3 saturated carbocycles. The van der Waals surface area contributed by atoms with Crippen molar-refractivity contribution in [1.29, 1.82) is 0 Å². The molecule has 7 atom stereocenters. The number of likely N-dealkylation sites (tertiary alicyclic amines) is 2. The Hall–Kier alpha value is -8.55. The number of carbonyl (C=O) groups excluding carboxylic acids is 4. The van der Waals surface area contributed by atoms with Crippen molar-refractivity contribution in [3.8, 4) is 17.2 Å². The Bertz CT molecular complexity index is 4170. The number of methoxy groups -OCH3 is 1. The lowest BCUT2D eigenvalue weighted by atomic mass is 9.49. The standard InChI is InChI=1S/C36H43N3O8S.C29H33ClN2O2.C19H23NO5/c40-24-29-6-2-4-8-33(29)48-32-7-3-1-5-28(32)21-37-15-17-46-35(44)38(22-25-10-13-30(41)14-11-25)16-18-47-36(45)39(23-34(42)43)31-20-26-9-12-27(31)19-26;1-31(2)27(33)29(24-9-5-3-6-10-24,25-11-7-4-8-12-25)19-22-32-20-17-28(34,18-21-32)23-13-15-26(30)16-14-23;1-24-9-8-20-7-6-18-15-11-2-3-12(21)16(15)25-17(18)13(22)4-5-19(18,23)14(20)10-11/h1-8,10-11,13-14,26-27,31,37,40-41H,9,12,15-24H2,(H,42,43);3-16,34H,17-22H2,1-2H3;2-3,14,17,21,23H,4-10H2,1H3/t26-,27-,31-;;14-,17+,18+,19-/m0.1/s1. The second-order valence-corrected chi connectivity index (χ2v) is 31.0. The number of likely N-dealkylation sites (N-methyl/N-ethyl adjacent to an activating group) is 1. The van der Waals surface area contributed by atoms with Gasteiger partial charge in [-0.25, -0.2) is 9.59 Å². The monoisotopic (exact) mass is 1500 g/mol. The van der Waals surface area contributed by atoms with E-state index in [-0.39, 0.29) is 68.2 Å². The van der Waals surface area contributed by atoms with Gasteiger partial charge in [0.2, 0.25) is 5.91 Å². The molecular formula is C84H99ClN6O15S. The molecule has 0 aromatic heterocycles. The van der Waals surface area contributed by atoms with E-state index in [1.807, 2.05) is 129 Å². The van der Waals surface area contributed by atoms with Crippen LogP contribution in [0.25, 0.3) is 0 Å².